The van der Waals surface area contributed by atoms with Gasteiger partial charge in [0.25, 0.3) is 0 Å². The van der Waals surface area contributed by atoms with Crippen LogP contribution >= 0.6 is 0 Å². The van der Waals surface area contributed by atoms with Crippen LogP contribution in [0.3, 0.4) is 0 Å². The van der Waals surface area contributed by atoms with Gasteiger partial charge in [0.1, 0.15) is 36.3 Å². The van der Waals surface area contributed by atoms with Gasteiger partial charge in [-0.15, -0.1) is 0 Å². The molecule has 2 unspecified atom stereocenters. The Morgan fingerprint density at radius 2 is 1.45 bits per heavy atom. The fourth-order valence-corrected chi connectivity index (χ4v) is 6.49. The van der Waals surface area contributed by atoms with Gasteiger partial charge >= 0.3 is 11.9 Å². The van der Waals surface area contributed by atoms with Gasteiger partial charge in [0, 0.05) is 36.5 Å². The van der Waals surface area contributed by atoms with E-state index < -0.39 is 134 Å². The number of nitrogens with two attached hydrogens (primary N) is 2. The molecule has 1 fully saturated rings. The number of aromatic amines is 1. The van der Waals surface area contributed by atoms with E-state index >= 15 is 0 Å². The lowest BCUT2D eigenvalue weighted by molar-refractivity contribution is -0.143. The zero-order valence-corrected chi connectivity index (χ0v) is 33.0. The number of nitrogens with zero attached hydrogens (tertiary/aromatic N) is 1. The highest BCUT2D eigenvalue weighted by Crippen LogP contribution is 2.22. The Balaban J connectivity index is 1.80. The summed E-state index contributed by atoms with van der Waals surface area (Å²) in [6, 6.07) is -4.09. The standard InChI is InChI=1S/C37H53N9O14/c1-3-17(2)29(34(56)41-22(31(53)44-25(16-48)37(59)60)12-18-14-40-21-7-5-4-6-19(18)21)45-33(55)24(15-47)43-32(54)23(13-27(39)50)42-35(57)30-26(49)10-11-46(30)36(58)20(38)8-9-28(51)52/h4-7,14,17,20,22-26,29-30,40,47-49H,3,8-13,15-16,38H2,1-2H3,(H2,39,50)(H,41,56)(H,42,57)(H,43,54)(H,44,53)(H,45,55)(H,51,52)(H,59,60)/t17?,20-,22-,23-,24-,25-,26-,29?,30-/m0/s1. The molecule has 2 aromatic rings. The molecule has 3 rings (SSSR count). The molecule has 9 atom stereocenters. The number of carboxylic acids is 2. The quantitative estimate of drug-likeness (QED) is 0.0500. The molecular formula is C37H53N9O14. The summed E-state index contributed by atoms with van der Waals surface area (Å²) in [4.78, 5) is 119. The monoisotopic (exact) mass is 847 g/mol. The molecular weight excluding hydrogens is 794 g/mol. The Labute approximate surface area is 343 Å². The summed E-state index contributed by atoms with van der Waals surface area (Å²) in [5, 5.41) is 60.9. The maximum absolute atomic E-state index is 13.9. The minimum Gasteiger partial charge on any atom is -0.481 e. The van der Waals surface area contributed by atoms with Crippen LogP contribution in [0.1, 0.15) is 51.5 Å². The van der Waals surface area contributed by atoms with Crippen molar-refractivity contribution in [3.63, 3.8) is 0 Å². The number of aliphatic hydroxyl groups is 3. The lowest BCUT2D eigenvalue weighted by Gasteiger charge is -2.30. The zero-order valence-electron chi connectivity index (χ0n) is 33.0. The molecule has 0 radical (unpaired) electrons. The second kappa shape index (κ2) is 22.3. The molecule has 1 aliphatic heterocycles. The molecule has 1 aromatic carbocycles. The van der Waals surface area contributed by atoms with Gasteiger partial charge in [0.2, 0.25) is 41.4 Å². The van der Waals surface area contributed by atoms with E-state index in [9.17, 15) is 63.6 Å². The number of nitrogens with one attached hydrogen (secondary N) is 6. The summed E-state index contributed by atoms with van der Waals surface area (Å²) < 4.78 is 0. The Morgan fingerprint density at radius 3 is 2.05 bits per heavy atom. The number of aliphatic hydroxyl groups excluding tert-OH is 3. The number of hydrogen-bond donors (Lipinski definition) is 13. The van der Waals surface area contributed by atoms with Crippen LogP contribution in [0.4, 0.5) is 0 Å². The molecule has 0 spiro atoms. The average Bonchev–Trinajstić information content (AvgIpc) is 3.80. The average molecular weight is 848 g/mol. The van der Waals surface area contributed by atoms with Crippen molar-refractivity contribution >= 4 is 64.2 Å². The van der Waals surface area contributed by atoms with Crippen molar-refractivity contribution < 1.29 is 68.7 Å². The molecule has 23 heteroatoms. The second-order valence-corrected chi connectivity index (χ2v) is 14.4. The van der Waals surface area contributed by atoms with E-state index in [0.29, 0.717) is 16.5 Å². The number of H-pyrrole nitrogens is 1. The summed E-state index contributed by atoms with van der Waals surface area (Å²) in [5.41, 5.74) is 12.4. The summed E-state index contributed by atoms with van der Waals surface area (Å²) in [7, 11) is 0. The molecule has 0 saturated carbocycles. The van der Waals surface area contributed by atoms with Gasteiger partial charge in [-0.3, -0.25) is 38.4 Å². The highest BCUT2D eigenvalue weighted by molar-refractivity contribution is 5.99. The minimum absolute atomic E-state index is 0.0835. The normalized spacial score (nSPS) is 18.5. The number of aliphatic carboxylic acids is 2. The van der Waals surface area contributed by atoms with E-state index in [1.165, 1.54) is 0 Å². The molecule has 15 N–H and O–H groups in total. The van der Waals surface area contributed by atoms with Crippen molar-refractivity contribution in [3.05, 3.63) is 36.0 Å². The van der Waals surface area contributed by atoms with E-state index in [-0.39, 0.29) is 32.2 Å². The Morgan fingerprint density at radius 1 is 0.850 bits per heavy atom. The second-order valence-electron chi connectivity index (χ2n) is 14.4. The predicted molar refractivity (Wildman–Crippen MR) is 208 cm³/mol. The zero-order chi connectivity index (χ0) is 44.8. The van der Waals surface area contributed by atoms with E-state index in [0.717, 1.165) is 4.90 Å². The summed E-state index contributed by atoms with van der Waals surface area (Å²) in [6.07, 6.45) is -1.38. The van der Waals surface area contributed by atoms with Gasteiger partial charge in [-0.1, -0.05) is 38.5 Å². The predicted octanol–water partition coefficient (Wildman–Crippen LogP) is -4.72. The van der Waals surface area contributed by atoms with Crippen LogP contribution in [-0.4, -0.2) is 157 Å². The van der Waals surface area contributed by atoms with Gasteiger partial charge in [-0.2, -0.15) is 0 Å². The SMILES string of the molecule is CCC(C)C(NC(=O)[C@H](CO)NC(=O)[C@H](CC(N)=O)NC(=O)[C@@H]1[C@@H](O)CCN1C(=O)[C@@H](N)CCC(=O)O)C(=O)N[C@@H](Cc1c[nH]c2ccccc12)C(=O)N[C@@H](CO)C(=O)O. The minimum atomic E-state index is -1.81. The molecule has 60 heavy (non-hydrogen) atoms. The van der Waals surface area contributed by atoms with Crippen molar-refractivity contribution in [1.29, 1.82) is 0 Å². The van der Waals surface area contributed by atoms with E-state index in [1.807, 2.05) is 0 Å². The number of fused-ring (bicyclic) bond motifs is 1. The van der Waals surface area contributed by atoms with Gasteiger partial charge in [0.15, 0.2) is 0 Å². The van der Waals surface area contributed by atoms with Crippen LogP contribution in [0, 0.1) is 5.92 Å². The van der Waals surface area contributed by atoms with E-state index in [2.05, 4.69) is 31.6 Å². The number of rotatable bonds is 23. The topological polar surface area (TPSA) is 386 Å². The number of primary amides is 1. The number of aromatic nitrogens is 1. The lowest BCUT2D eigenvalue weighted by atomic mass is 9.96. The van der Waals surface area contributed by atoms with Crippen LogP contribution in [0.25, 0.3) is 10.9 Å². The molecule has 23 nitrogen and oxygen atoms in total. The third-order valence-corrected chi connectivity index (χ3v) is 10.1. The molecule has 1 aliphatic rings. The van der Waals surface area contributed by atoms with Crippen LogP contribution in [-0.2, 0) is 49.6 Å². The number of amides is 7. The van der Waals surface area contributed by atoms with Crippen LogP contribution in [0.2, 0.25) is 0 Å². The van der Waals surface area contributed by atoms with Crippen molar-refractivity contribution in [2.24, 2.45) is 17.4 Å². The Hall–Kier alpha value is -6.17. The summed E-state index contributed by atoms with van der Waals surface area (Å²) >= 11 is 0. The first-order chi connectivity index (χ1) is 28.3. The summed E-state index contributed by atoms with van der Waals surface area (Å²) in [5.74, 6) is -10.7. The Bertz CT molecular complexity index is 1910. The van der Waals surface area contributed by atoms with Crippen molar-refractivity contribution in [2.45, 2.75) is 101 Å². The molecule has 1 saturated heterocycles. The molecule has 330 valence electrons. The van der Waals surface area contributed by atoms with Crippen molar-refractivity contribution in [3.8, 4) is 0 Å². The third-order valence-electron chi connectivity index (χ3n) is 10.1. The number of para-hydroxylation sites is 1. The van der Waals surface area contributed by atoms with E-state index in [4.69, 9.17) is 16.6 Å². The number of likely N-dealkylation sites (tertiary alicyclic amines) is 1. The first kappa shape index (κ1) is 48.2. The number of carbonyl (C=O) groups excluding carboxylic acids is 7. The van der Waals surface area contributed by atoms with Crippen LogP contribution in [0.15, 0.2) is 30.5 Å². The number of carboxylic acid groups (broad SMARTS) is 2. The third kappa shape index (κ3) is 12.9. The molecule has 0 bridgehead atoms. The highest BCUT2D eigenvalue weighted by Gasteiger charge is 2.44. The van der Waals surface area contributed by atoms with Gasteiger partial charge in [-0.05, 0) is 30.4 Å². The first-order valence-corrected chi connectivity index (χ1v) is 19.1. The fraction of sp³-hybridized carbons (Fsp3) is 0.541. The van der Waals surface area contributed by atoms with E-state index in [1.54, 1.807) is 44.3 Å². The van der Waals surface area contributed by atoms with Crippen molar-refractivity contribution in [1.82, 2.24) is 36.5 Å². The lowest BCUT2D eigenvalue weighted by Crippen LogP contribution is -2.62. The van der Waals surface area contributed by atoms with Gasteiger partial charge in [0.05, 0.1) is 31.8 Å². The first-order valence-electron chi connectivity index (χ1n) is 19.1. The van der Waals surface area contributed by atoms with Gasteiger partial charge < -0.3 is 73.5 Å². The molecule has 0 aliphatic carbocycles. The van der Waals surface area contributed by atoms with Crippen molar-refractivity contribution in [2.75, 3.05) is 19.8 Å². The Kier molecular flexibility index (Phi) is 17.9. The maximum Gasteiger partial charge on any atom is 0.328 e. The fourth-order valence-electron chi connectivity index (χ4n) is 6.49. The highest BCUT2D eigenvalue weighted by atomic mass is 16.4. The van der Waals surface area contributed by atoms with Crippen LogP contribution < -0.4 is 38.1 Å². The largest absolute Gasteiger partial charge is 0.481 e. The number of carbonyl (C=O) groups is 9. The van der Waals surface area contributed by atoms with Gasteiger partial charge in [-0.25, -0.2) is 4.79 Å². The smallest absolute Gasteiger partial charge is 0.328 e. The number of benzene rings is 1. The number of hydrogen-bond acceptors (Lipinski definition) is 13. The molecule has 7 amide bonds. The van der Waals surface area contributed by atoms with Crippen LogP contribution in [0.5, 0.6) is 0 Å². The molecule has 2 heterocycles. The molecule has 1 aromatic heterocycles. The summed E-state index contributed by atoms with van der Waals surface area (Å²) in [6.45, 7) is 1.10. The maximum atomic E-state index is 13.9.